The van der Waals surface area contributed by atoms with E-state index < -0.39 is 0 Å². The highest BCUT2D eigenvalue weighted by Crippen LogP contribution is 2.29. The summed E-state index contributed by atoms with van der Waals surface area (Å²) >= 11 is 0. The predicted molar refractivity (Wildman–Crippen MR) is 99.5 cm³/mol. The largest absolute Gasteiger partial charge is 0.495 e. The maximum Gasteiger partial charge on any atom is 0.248 e. The third kappa shape index (κ3) is 5.02. The Hall–Kier alpha value is -3.46. The van der Waals surface area contributed by atoms with Crippen LogP contribution in [0, 0.1) is 18.3 Å². The summed E-state index contributed by atoms with van der Waals surface area (Å²) in [5.41, 5.74) is 2.39. The highest BCUT2D eigenvalue weighted by atomic mass is 16.5. The number of hydrogen-bond donors (Lipinski definition) is 1. The number of rotatable bonds is 7. The molecule has 6 heteroatoms. The number of methoxy groups -OCH3 is 2. The fourth-order valence-corrected chi connectivity index (χ4v) is 2.28. The molecule has 0 bridgehead atoms. The van der Waals surface area contributed by atoms with E-state index in [2.05, 4.69) is 5.32 Å². The number of anilines is 1. The van der Waals surface area contributed by atoms with E-state index in [0.29, 0.717) is 22.9 Å². The molecule has 0 aliphatic rings. The second-order valence-corrected chi connectivity index (χ2v) is 5.38. The Bertz CT molecular complexity index is 853. The standard InChI is InChI=1S/C20H20N2O4/c1-14-4-7-17(24-2)16(12-14)22-20(23)9-6-15-5-8-18(26-11-10-21)19(13-15)25-3/h4-9,12-13H,11H2,1-3H3,(H,22,23)/b9-6+. The van der Waals surface area contributed by atoms with Gasteiger partial charge in [0.25, 0.3) is 0 Å². The van der Waals surface area contributed by atoms with Gasteiger partial charge >= 0.3 is 0 Å². The summed E-state index contributed by atoms with van der Waals surface area (Å²) in [6.07, 6.45) is 3.08. The topological polar surface area (TPSA) is 80.6 Å². The molecular weight excluding hydrogens is 332 g/mol. The first kappa shape index (κ1) is 18.9. The molecule has 0 radical (unpaired) electrons. The van der Waals surface area contributed by atoms with Crippen LogP contribution in [-0.2, 0) is 4.79 Å². The van der Waals surface area contributed by atoms with Crippen molar-refractivity contribution in [3.05, 3.63) is 53.6 Å². The molecule has 0 aromatic heterocycles. The number of aryl methyl sites for hydroxylation is 1. The third-order valence-corrected chi connectivity index (χ3v) is 3.52. The van der Waals surface area contributed by atoms with Crippen molar-refractivity contribution in [2.45, 2.75) is 6.92 Å². The van der Waals surface area contributed by atoms with Gasteiger partial charge in [0.15, 0.2) is 18.1 Å². The van der Waals surface area contributed by atoms with Gasteiger partial charge in [-0.1, -0.05) is 12.1 Å². The normalized spacial score (nSPS) is 10.2. The Kier molecular flexibility index (Phi) is 6.63. The van der Waals surface area contributed by atoms with Crippen molar-refractivity contribution in [1.82, 2.24) is 0 Å². The lowest BCUT2D eigenvalue weighted by Crippen LogP contribution is -2.09. The first-order valence-corrected chi connectivity index (χ1v) is 7.89. The lowest BCUT2D eigenvalue weighted by Gasteiger charge is -2.10. The first-order valence-electron chi connectivity index (χ1n) is 7.89. The highest BCUT2D eigenvalue weighted by Gasteiger charge is 2.07. The fraction of sp³-hybridized carbons (Fsp3) is 0.200. The molecule has 0 fully saturated rings. The Morgan fingerprint density at radius 2 is 1.85 bits per heavy atom. The number of amides is 1. The van der Waals surface area contributed by atoms with Crippen LogP contribution in [0.5, 0.6) is 17.2 Å². The van der Waals surface area contributed by atoms with Gasteiger partial charge in [-0.2, -0.15) is 5.26 Å². The smallest absolute Gasteiger partial charge is 0.248 e. The fourth-order valence-electron chi connectivity index (χ4n) is 2.28. The Morgan fingerprint density at radius 3 is 2.54 bits per heavy atom. The average Bonchev–Trinajstić information content (AvgIpc) is 2.65. The molecule has 134 valence electrons. The maximum atomic E-state index is 12.2. The van der Waals surface area contributed by atoms with Crippen molar-refractivity contribution >= 4 is 17.7 Å². The Morgan fingerprint density at radius 1 is 1.12 bits per heavy atom. The number of nitriles is 1. The molecule has 2 rings (SSSR count). The minimum Gasteiger partial charge on any atom is -0.495 e. The van der Waals surface area contributed by atoms with Crippen LogP contribution in [0.15, 0.2) is 42.5 Å². The zero-order valence-electron chi connectivity index (χ0n) is 14.9. The quantitative estimate of drug-likeness (QED) is 0.771. The van der Waals surface area contributed by atoms with Gasteiger partial charge in [0, 0.05) is 6.08 Å². The van der Waals surface area contributed by atoms with Crippen LogP contribution in [-0.4, -0.2) is 26.7 Å². The summed E-state index contributed by atoms with van der Waals surface area (Å²) in [4.78, 5) is 12.2. The summed E-state index contributed by atoms with van der Waals surface area (Å²) in [5.74, 6) is 1.28. The molecule has 0 heterocycles. The molecule has 1 N–H and O–H groups in total. The molecule has 0 aliphatic heterocycles. The lowest BCUT2D eigenvalue weighted by atomic mass is 10.1. The van der Waals surface area contributed by atoms with Crippen molar-refractivity contribution in [2.75, 3.05) is 26.1 Å². The van der Waals surface area contributed by atoms with Gasteiger partial charge in [-0.3, -0.25) is 4.79 Å². The van der Waals surface area contributed by atoms with E-state index in [0.717, 1.165) is 11.1 Å². The Balaban J connectivity index is 2.11. The monoisotopic (exact) mass is 352 g/mol. The van der Waals surface area contributed by atoms with E-state index in [-0.39, 0.29) is 12.5 Å². The van der Waals surface area contributed by atoms with Crippen molar-refractivity contribution in [1.29, 1.82) is 5.26 Å². The number of nitrogens with one attached hydrogen (secondary N) is 1. The summed E-state index contributed by atoms with van der Waals surface area (Å²) in [6.45, 7) is 1.87. The van der Waals surface area contributed by atoms with Crippen molar-refractivity contribution < 1.29 is 19.0 Å². The summed E-state index contributed by atoms with van der Waals surface area (Å²) in [5, 5.41) is 11.4. The molecule has 0 saturated carbocycles. The lowest BCUT2D eigenvalue weighted by molar-refractivity contribution is -0.111. The second kappa shape index (κ2) is 9.14. The zero-order valence-corrected chi connectivity index (χ0v) is 14.9. The molecular formula is C20H20N2O4. The zero-order chi connectivity index (χ0) is 18.9. The van der Waals surface area contributed by atoms with Crippen molar-refractivity contribution in [3.63, 3.8) is 0 Å². The van der Waals surface area contributed by atoms with Crippen LogP contribution in [0.2, 0.25) is 0 Å². The number of ether oxygens (including phenoxy) is 3. The number of nitrogens with zero attached hydrogens (tertiary/aromatic N) is 1. The van der Waals surface area contributed by atoms with E-state index in [1.54, 1.807) is 37.5 Å². The molecule has 0 unspecified atom stereocenters. The van der Waals surface area contributed by atoms with E-state index in [9.17, 15) is 4.79 Å². The van der Waals surface area contributed by atoms with Gasteiger partial charge in [0.2, 0.25) is 5.91 Å². The molecule has 1 amide bonds. The second-order valence-electron chi connectivity index (χ2n) is 5.38. The molecule has 26 heavy (non-hydrogen) atoms. The van der Waals surface area contributed by atoms with E-state index in [1.807, 2.05) is 25.1 Å². The summed E-state index contributed by atoms with van der Waals surface area (Å²) in [6, 6.07) is 12.6. The first-order chi connectivity index (χ1) is 12.6. The predicted octanol–water partition coefficient (Wildman–Crippen LogP) is 3.57. The molecule has 0 atom stereocenters. The van der Waals surface area contributed by atoms with Crippen LogP contribution in [0.25, 0.3) is 6.08 Å². The molecule has 6 nitrogen and oxygen atoms in total. The van der Waals surface area contributed by atoms with Crippen LogP contribution >= 0.6 is 0 Å². The summed E-state index contributed by atoms with van der Waals surface area (Å²) in [7, 11) is 3.07. The maximum absolute atomic E-state index is 12.2. The van der Waals surface area contributed by atoms with E-state index in [1.165, 1.54) is 13.2 Å². The third-order valence-electron chi connectivity index (χ3n) is 3.52. The van der Waals surface area contributed by atoms with Gasteiger partial charge in [-0.05, 0) is 48.4 Å². The number of hydrogen-bond acceptors (Lipinski definition) is 5. The van der Waals surface area contributed by atoms with Gasteiger partial charge in [-0.25, -0.2) is 0 Å². The van der Waals surface area contributed by atoms with Gasteiger partial charge in [0.1, 0.15) is 11.8 Å². The van der Waals surface area contributed by atoms with E-state index in [4.69, 9.17) is 19.5 Å². The number of carbonyl (C=O) groups excluding carboxylic acids is 1. The number of carbonyl (C=O) groups is 1. The SMILES string of the molecule is COc1ccc(C)cc1NC(=O)/C=C/c1ccc(OCC#N)c(OC)c1. The van der Waals surface area contributed by atoms with E-state index >= 15 is 0 Å². The van der Waals surface area contributed by atoms with Crippen molar-refractivity contribution in [2.24, 2.45) is 0 Å². The Labute approximate surface area is 152 Å². The molecule has 2 aromatic carbocycles. The molecule has 0 spiro atoms. The van der Waals surface area contributed by atoms with Crippen molar-refractivity contribution in [3.8, 4) is 23.3 Å². The van der Waals surface area contributed by atoms with Crippen LogP contribution in [0.4, 0.5) is 5.69 Å². The van der Waals surface area contributed by atoms with Crippen LogP contribution in [0.3, 0.4) is 0 Å². The van der Waals surface area contributed by atoms with Gasteiger partial charge in [-0.15, -0.1) is 0 Å². The molecule has 0 aliphatic carbocycles. The number of benzene rings is 2. The van der Waals surface area contributed by atoms with Crippen LogP contribution < -0.4 is 19.5 Å². The molecule has 2 aromatic rings. The minimum absolute atomic E-state index is 0.0632. The highest BCUT2D eigenvalue weighted by molar-refractivity contribution is 6.02. The summed E-state index contributed by atoms with van der Waals surface area (Å²) < 4.78 is 15.8. The van der Waals surface area contributed by atoms with Crippen LogP contribution in [0.1, 0.15) is 11.1 Å². The average molecular weight is 352 g/mol. The molecule has 0 saturated heterocycles. The minimum atomic E-state index is -0.280. The van der Waals surface area contributed by atoms with Gasteiger partial charge in [0.05, 0.1) is 19.9 Å². The van der Waals surface area contributed by atoms with Gasteiger partial charge < -0.3 is 19.5 Å².